The molecule has 0 amide bonds. The molecule has 5 heteroatoms. The van der Waals surface area contributed by atoms with Gasteiger partial charge >= 0.3 is 0 Å². The third kappa shape index (κ3) is 1.52. The van der Waals surface area contributed by atoms with Crippen molar-refractivity contribution in [2.75, 3.05) is 0 Å². The van der Waals surface area contributed by atoms with Crippen molar-refractivity contribution in [1.29, 1.82) is 0 Å². The van der Waals surface area contributed by atoms with Gasteiger partial charge in [-0.15, -0.1) is 0 Å². The Balaban J connectivity index is 2.81. The van der Waals surface area contributed by atoms with Gasteiger partial charge in [0.25, 0.3) is 0 Å². The van der Waals surface area contributed by atoms with Crippen LogP contribution in [-0.4, -0.2) is 14.4 Å². The molecule has 0 aliphatic rings. The van der Waals surface area contributed by atoms with Crippen molar-refractivity contribution < 1.29 is 0 Å². The first kappa shape index (κ1) is 9.21. The number of rotatable bonds is 1. The summed E-state index contributed by atoms with van der Waals surface area (Å²) >= 11 is 7.99. The molecule has 2 rings (SSSR count). The molecule has 2 aromatic heterocycles. The molecule has 0 aliphatic carbocycles. The van der Waals surface area contributed by atoms with Crippen LogP contribution in [0.5, 0.6) is 0 Å². The maximum atomic E-state index is 5.79. The number of hydrogen-bond acceptors (Lipinski definition) is 2. The Bertz CT molecular complexity index is 452. The molecule has 0 saturated heterocycles. The number of halogens is 2. The molecule has 0 atom stereocenters. The van der Waals surface area contributed by atoms with Gasteiger partial charge in [-0.1, -0.05) is 18.5 Å². The fourth-order valence-electron chi connectivity index (χ4n) is 1.23. The highest BCUT2D eigenvalue weighted by Crippen LogP contribution is 2.16. The van der Waals surface area contributed by atoms with E-state index in [-0.39, 0.29) is 0 Å². The lowest BCUT2D eigenvalue weighted by Gasteiger charge is -1.97. The molecule has 2 aromatic rings. The normalized spacial score (nSPS) is 11.0. The predicted octanol–water partition coefficient (Wildman–Crippen LogP) is 2.55. The van der Waals surface area contributed by atoms with E-state index >= 15 is 0 Å². The fourth-order valence-corrected chi connectivity index (χ4v) is 2.06. The smallest absolute Gasteiger partial charge is 0.145 e. The zero-order chi connectivity index (χ0) is 9.42. The van der Waals surface area contributed by atoms with Crippen LogP contribution >= 0.6 is 34.2 Å². The van der Waals surface area contributed by atoms with Gasteiger partial charge in [0.05, 0.1) is 11.7 Å². The van der Waals surface area contributed by atoms with Crippen LogP contribution in [0.15, 0.2) is 12.4 Å². The molecule has 2 heterocycles. The van der Waals surface area contributed by atoms with Gasteiger partial charge in [-0.05, 0) is 22.6 Å². The van der Waals surface area contributed by atoms with E-state index in [0.717, 1.165) is 21.5 Å². The second kappa shape index (κ2) is 3.42. The largest absolute Gasteiger partial charge is 0.298 e. The second-order valence-corrected chi connectivity index (χ2v) is 4.05. The highest BCUT2D eigenvalue weighted by atomic mass is 127. The standard InChI is InChI=1S/C8H7ClIN3/c1-2-7-12-8(10)5-3-11-6(9)4-13(5)7/h3-4H,2H2,1H3. The highest BCUT2D eigenvalue weighted by Gasteiger charge is 2.07. The van der Waals surface area contributed by atoms with Crippen molar-refractivity contribution in [1.82, 2.24) is 14.4 Å². The van der Waals surface area contributed by atoms with E-state index in [0.29, 0.717) is 5.15 Å². The van der Waals surface area contributed by atoms with Crippen LogP contribution in [0.1, 0.15) is 12.7 Å². The summed E-state index contributed by atoms with van der Waals surface area (Å²) in [4.78, 5) is 8.42. The van der Waals surface area contributed by atoms with Crippen molar-refractivity contribution >= 4 is 39.7 Å². The second-order valence-electron chi connectivity index (χ2n) is 2.64. The lowest BCUT2D eigenvalue weighted by atomic mass is 10.4. The number of imidazole rings is 1. The minimum atomic E-state index is 0.496. The van der Waals surface area contributed by atoms with Crippen LogP contribution < -0.4 is 0 Å². The van der Waals surface area contributed by atoms with Crippen molar-refractivity contribution in [2.45, 2.75) is 13.3 Å². The van der Waals surface area contributed by atoms with Gasteiger partial charge < -0.3 is 0 Å². The van der Waals surface area contributed by atoms with E-state index in [1.54, 1.807) is 12.4 Å². The van der Waals surface area contributed by atoms with E-state index in [4.69, 9.17) is 11.6 Å². The number of nitrogens with zero attached hydrogens (tertiary/aromatic N) is 3. The molecule has 0 aromatic carbocycles. The van der Waals surface area contributed by atoms with Gasteiger partial charge in [0, 0.05) is 12.6 Å². The van der Waals surface area contributed by atoms with Crippen LogP contribution in [0, 0.1) is 3.70 Å². The predicted molar refractivity (Wildman–Crippen MR) is 60.1 cm³/mol. The van der Waals surface area contributed by atoms with Crippen LogP contribution in [0.2, 0.25) is 5.15 Å². The van der Waals surface area contributed by atoms with E-state index < -0.39 is 0 Å². The first-order valence-corrected chi connectivity index (χ1v) is 5.36. The third-order valence-electron chi connectivity index (χ3n) is 1.84. The Hall–Kier alpha value is -0.360. The molecule has 0 spiro atoms. The van der Waals surface area contributed by atoms with Crippen molar-refractivity contribution in [3.63, 3.8) is 0 Å². The molecule has 0 unspecified atom stereocenters. The monoisotopic (exact) mass is 307 g/mol. The van der Waals surface area contributed by atoms with Crippen molar-refractivity contribution in [2.24, 2.45) is 0 Å². The molecule has 0 fully saturated rings. The quantitative estimate of drug-likeness (QED) is 0.758. The van der Waals surface area contributed by atoms with Gasteiger partial charge in [0.1, 0.15) is 14.7 Å². The maximum Gasteiger partial charge on any atom is 0.145 e. The lowest BCUT2D eigenvalue weighted by molar-refractivity contribution is 0.925. The zero-order valence-corrected chi connectivity index (χ0v) is 9.87. The lowest BCUT2D eigenvalue weighted by Crippen LogP contribution is -1.92. The number of fused-ring (bicyclic) bond motifs is 1. The van der Waals surface area contributed by atoms with Crippen LogP contribution in [0.25, 0.3) is 5.52 Å². The SMILES string of the molecule is CCc1nc(I)c2cnc(Cl)cn12. The summed E-state index contributed by atoms with van der Waals surface area (Å²) in [5.74, 6) is 1.02. The third-order valence-corrected chi connectivity index (χ3v) is 2.83. The number of aryl methyl sites for hydroxylation is 1. The first-order chi connectivity index (χ1) is 6.22. The maximum absolute atomic E-state index is 5.79. The Kier molecular flexibility index (Phi) is 2.42. The summed E-state index contributed by atoms with van der Waals surface area (Å²) in [5, 5.41) is 0.496. The molecule has 0 radical (unpaired) electrons. The molecule has 13 heavy (non-hydrogen) atoms. The van der Waals surface area contributed by atoms with Gasteiger partial charge in [0.15, 0.2) is 0 Å². The van der Waals surface area contributed by atoms with Gasteiger partial charge in [-0.25, -0.2) is 9.97 Å². The van der Waals surface area contributed by atoms with Crippen LogP contribution in [0.4, 0.5) is 0 Å². The summed E-state index contributed by atoms with van der Waals surface area (Å²) in [6.07, 6.45) is 4.44. The van der Waals surface area contributed by atoms with Crippen LogP contribution in [0.3, 0.4) is 0 Å². The van der Waals surface area contributed by atoms with Crippen molar-refractivity contribution in [3.8, 4) is 0 Å². The summed E-state index contributed by atoms with van der Waals surface area (Å²) in [6.45, 7) is 2.07. The Morgan fingerprint density at radius 3 is 3.08 bits per heavy atom. The summed E-state index contributed by atoms with van der Waals surface area (Å²) < 4.78 is 2.95. The summed E-state index contributed by atoms with van der Waals surface area (Å²) in [5.41, 5.74) is 1.02. The van der Waals surface area contributed by atoms with Gasteiger partial charge in [0.2, 0.25) is 0 Å². The summed E-state index contributed by atoms with van der Waals surface area (Å²) in [6, 6.07) is 0. The minimum absolute atomic E-state index is 0.496. The van der Waals surface area contributed by atoms with E-state index in [2.05, 4.69) is 39.5 Å². The molecular weight excluding hydrogens is 300 g/mol. The molecule has 3 nitrogen and oxygen atoms in total. The van der Waals surface area contributed by atoms with Gasteiger partial charge in [-0.2, -0.15) is 0 Å². The Morgan fingerprint density at radius 1 is 1.62 bits per heavy atom. The van der Waals surface area contributed by atoms with Crippen molar-refractivity contribution in [3.05, 3.63) is 27.1 Å². The zero-order valence-electron chi connectivity index (χ0n) is 6.96. The first-order valence-electron chi connectivity index (χ1n) is 3.90. The Labute approximate surface area is 94.3 Å². The molecule has 0 bridgehead atoms. The fraction of sp³-hybridized carbons (Fsp3) is 0.250. The number of hydrogen-bond donors (Lipinski definition) is 0. The Morgan fingerprint density at radius 2 is 2.38 bits per heavy atom. The van der Waals surface area contributed by atoms with Crippen LogP contribution in [-0.2, 0) is 6.42 Å². The van der Waals surface area contributed by atoms with E-state index in [9.17, 15) is 0 Å². The topological polar surface area (TPSA) is 30.2 Å². The number of aromatic nitrogens is 3. The molecule has 0 N–H and O–H groups in total. The molecular formula is C8H7ClIN3. The summed E-state index contributed by atoms with van der Waals surface area (Å²) in [7, 11) is 0. The molecule has 68 valence electrons. The average molecular weight is 308 g/mol. The van der Waals surface area contributed by atoms with Gasteiger partial charge in [-0.3, -0.25) is 4.40 Å². The van der Waals surface area contributed by atoms with E-state index in [1.807, 2.05) is 4.40 Å². The molecule has 0 aliphatic heterocycles. The van der Waals surface area contributed by atoms with E-state index in [1.165, 1.54) is 0 Å². The average Bonchev–Trinajstić information content (AvgIpc) is 2.42. The highest BCUT2D eigenvalue weighted by molar-refractivity contribution is 14.1. The molecule has 0 saturated carbocycles. The minimum Gasteiger partial charge on any atom is -0.298 e.